The van der Waals surface area contributed by atoms with Gasteiger partial charge in [0.25, 0.3) is 18.7 Å². The normalized spacial score (nSPS) is 19.4. The van der Waals surface area contributed by atoms with E-state index in [9.17, 15) is 14.4 Å². The molecule has 8 heteroatoms. The van der Waals surface area contributed by atoms with Gasteiger partial charge in [0, 0.05) is 36.0 Å². The van der Waals surface area contributed by atoms with Crippen LogP contribution in [0.4, 0.5) is 5.69 Å². The van der Waals surface area contributed by atoms with Crippen molar-refractivity contribution in [3.63, 3.8) is 0 Å². The van der Waals surface area contributed by atoms with Crippen LogP contribution in [-0.4, -0.2) is 70.2 Å². The van der Waals surface area contributed by atoms with Gasteiger partial charge < -0.3 is 9.80 Å². The molecule has 0 bridgehead atoms. The second-order valence-corrected chi connectivity index (χ2v) is 7.84. The van der Waals surface area contributed by atoms with Crippen molar-refractivity contribution in [2.24, 2.45) is 5.11 Å². The van der Waals surface area contributed by atoms with Crippen LogP contribution in [0.2, 0.25) is 0 Å². The van der Waals surface area contributed by atoms with Crippen LogP contribution in [0.15, 0.2) is 29.4 Å². The Balaban J connectivity index is 1.88. The fourth-order valence-corrected chi connectivity index (χ4v) is 3.85. The number of rotatable bonds is 5. The van der Waals surface area contributed by atoms with E-state index in [0.717, 1.165) is 15.9 Å². The smallest absolute Gasteiger partial charge is 0.332 e. The first-order valence-electron chi connectivity index (χ1n) is 9.68. The van der Waals surface area contributed by atoms with Gasteiger partial charge in [0.15, 0.2) is 0 Å². The summed E-state index contributed by atoms with van der Waals surface area (Å²) in [4.78, 5) is 43.0. The van der Waals surface area contributed by atoms with Gasteiger partial charge in [-0.15, -0.1) is 0 Å². The Morgan fingerprint density at radius 1 is 1.11 bits per heavy atom. The third-order valence-electron chi connectivity index (χ3n) is 5.11. The van der Waals surface area contributed by atoms with Gasteiger partial charge in [-0.25, -0.2) is 4.79 Å². The molecule has 1 fully saturated rings. The van der Waals surface area contributed by atoms with Crippen molar-refractivity contribution >= 4 is 23.4 Å². The van der Waals surface area contributed by atoms with Crippen molar-refractivity contribution in [2.45, 2.75) is 53.0 Å². The van der Waals surface area contributed by atoms with Crippen LogP contribution in [0.5, 0.6) is 0 Å². The van der Waals surface area contributed by atoms with Crippen LogP contribution in [-0.2, 0) is 14.4 Å². The number of anilines is 1. The number of hydrogen-bond donors (Lipinski definition) is 0. The first-order chi connectivity index (χ1) is 13.2. The van der Waals surface area contributed by atoms with Crippen molar-refractivity contribution in [1.29, 1.82) is 0 Å². The molecule has 0 spiro atoms. The van der Waals surface area contributed by atoms with E-state index in [1.165, 1.54) is 4.90 Å². The van der Waals surface area contributed by atoms with Gasteiger partial charge in [0.05, 0.1) is 0 Å². The number of hydrogen-bond acceptors (Lipinski definition) is 5. The molecule has 1 aromatic rings. The fourth-order valence-electron chi connectivity index (χ4n) is 3.85. The highest BCUT2D eigenvalue weighted by atomic mass is 16.2. The monoisotopic (exact) mass is 386 g/mol. The largest absolute Gasteiger partial charge is 0.502 e. The third kappa shape index (κ3) is 3.63. The molecule has 0 aliphatic carbocycles. The molecule has 2 aliphatic heterocycles. The van der Waals surface area contributed by atoms with Crippen molar-refractivity contribution in [3.05, 3.63) is 29.8 Å². The highest BCUT2D eigenvalue weighted by molar-refractivity contribution is 6.31. The summed E-state index contributed by atoms with van der Waals surface area (Å²) in [6.07, 6.45) is -0.604. The molecule has 1 atom stereocenters. The van der Waals surface area contributed by atoms with Crippen LogP contribution in [0, 0.1) is 6.92 Å². The maximum atomic E-state index is 12.8. The number of benzene rings is 1. The van der Waals surface area contributed by atoms with E-state index in [1.807, 2.05) is 63.8 Å². The first-order valence-corrected chi connectivity index (χ1v) is 9.68. The minimum atomic E-state index is -0.747. The van der Waals surface area contributed by atoms with Gasteiger partial charge in [-0.2, -0.15) is 0 Å². The maximum absolute atomic E-state index is 12.8. The molecule has 1 aromatic carbocycles. The number of aryl methyl sites for hydroxylation is 1. The minimum Gasteiger partial charge on any atom is -0.332 e. The Bertz CT molecular complexity index is 808. The van der Waals surface area contributed by atoms with E-state index in [1.54, 1.807) is 4.90 Å². The fraction of sp³-hybridized carbons (Fsp3) is 0.550. The molecular formula is C20H28N5O3+. The van der Waals surface area contributed by atoms with Crippen molar-refractivity contribution in [3.8, 4) is 0 Å². The number of carbonyl (C=O) groups excluding carboxylic acids is 3. The SMILES string of the molecule is Cc1ccc(N2CCN3C(=O)C(=O)[N+](CC(=O)N(C(C)C)C(C)C)=NC32)cc1. The van der Waals surface area contributed by atoms with E-state index in [-0.39, 0.29) is 24.5 Å². The lowest BCUT2D eigenvalue weighted by Gasteiger charge is -2.30. The van der Waals surface area contributed by atoms with E-state index in [2.05, 4.69) is 5.11 Å². The molecule has 0 N–H and O–H groups in total. The van der Waals surface area contributed by atoms with Gasteiger partial charge in [0.2, 0.25) is 0 Å². The summed E-state index contributed by atoms with van der Waals surface area (Å²) >= 11 is 0. The summed E-state index contributed by atoms with van der Waals surface area (Å²) in [5.41, 5.74) is 2.07. The molecule has 3 rings (SSSR count). The van der Waals surface area contributed by atoms with Gasteiger partial charge in [0.1, 0.15) is 0 Å². The number of nitrogens with zero attached hydrogens (tertiary/aromatic N) is 5. The van der Waals surface area contributed by atoms with Gasteiger partial charge in [-0.1, -0.05) is 17.7 Å². The molecule has 0 aromatic heterocycles. The molecule has 2 aliphatic rings. The third-order valence-corrected chi connectivity index (χ3v) is 5.11. The van der Waals surface area contributed by atoms with Crippen molar-refractivity contribution < 1.29 is 19.1 Å². The van der Waals surface area contributed by atoms with E-state index in [4.69, 9.17) is 0 Å². The first kappa shape index (κ1) is 20.0. The average Bonchev–Trinajstić information content (AvgIpc) is 3.03. The molecule has 8 nitrogen and oxygen atoms in total. The zero-order chi connectivity index (χ0) is 20.6. The summed E-state index contributed by atoms with van der Waals surface area (Å²) in [6.45, 7) is 10.5. The standard InChI is InChI=1S/C20H28N5O3/c1-13(2)25(14(3)4)17(26)12-24-19(28)18(27)23-11-10-22(20(23)21-24)16-8-6-15(5)7-9-16/h6-9,13-14,20H,10-12H2,1-5H3/q+1. The van der Waals surface area contributed by atoms with Crippen LogP contribution < -0.4 is 4.90 Å². The molecule has 28 heavy (non-hydrogen) atoms. The van der Waals surface area contributed by atoms with Crippen LogP contribution in [0.25, 0.3) is 0 Å². The maximum Gasteiger partial charge on any atom is 0.502 e. The molecule has 0 saturated carbocycles. The lowest BCUT2D eigenvalue weighted by Crippen LogP contribution is -2.54. The Morgan fingerprint density at radius 2 is 1.68 bits per heavy atom. The molecule has 0 radical (unpaired) electrons. The summed E-state index contributed by atoms with van der Waals surface area (Å²) in [5.74, 6) is -1.57. The summed E-state index contributed by atoms with van der Waals surface area (Å²) in [7, 11) is 0. The average molecular weight is 386 g/mol. The van der Waals surface area contributed by atoms with E-state index >= 15 is 0 Å². The highest BCUT2D eigenvalue weighted by Crippen LogP contribution is 2.27. The Morgan fingerprint density at radius 3 is 2.25 bits per heavy atom. The molecule has 2 heterocycles. The number of fused-ring (bicyclic) bond motifs is 1. The molecular weight excluding hydrogens is 358 g/mol. The van der Waals surface area contributed by atoms with Crippen LogP contribution in [0.3, 0.4) is 0 Å². The Hall–Kier alpha value is -2.77. The predicted octanol–water partition coefficient (Wildman–Crippen LogP) is 1.58. The zero-order valence-electron chi connectivity index (χ0n) is 17.1. The zero-order valence-corrected chi connectivity index (χ0v) is 17.1. The lowest BCUT2D eigenvalue weighted by atomic mass is 10.2. The number of amides is 3. The Labute approximate surface area is 165 Å². The van der Waals surface area contributed by atoms with Crippen LogP contribution in [0.1, 0.15) is 33.3 Å². The van der Waals surface area contributed by atoms with Crippen LogP contribution >= 0.6 is 0 Å². The number of carbonyl (C=O) groups is 3. The topological polar surface area (TPSA) is 76.3 Å². The molecule has 150 valence electrons. The second kappa shape index (κ2) is 7.69. The van der Waals surface area contributed by atoms with E-state index in [0.29, 0.717) is 13.1 Å². The molecule has 1 unspecified atom stereocenters. The molecule has 1 saturated heterocycles. The minimum absolute atomic E-state index is 0.00451. The summed E-state index contributed by atoms with van der Waals surface area (Å²) in [6, 6.07) is 7.94. The van der Waals surface area contributed by atoms with E-state index < -0.39 is 18.1 Å². The van der Waals surface area contributed by atoms with Gasteiger partial charge in [-0.05, 0) is 51.4 Å². The second-order valence-electron chi connectivity index (χ2n) is 7.84. The van der Waals surface area contributed by atoms with Crippen molar-refractivity contribution in [2.75, 3.05) is 24.5 Å². The lowest BCUT2D eigenvalue weighted by molar-refractivity contribution is -0.510. The quantitative estimate of drug-likeness (QED) is 0.569. The number of azo groups is 2. The summed E-state index contributed by atoms with van der Waals surface area (Å²) < 4.78 is 1.04. The van der Waals surface area contributed by atoms with Gasteiger partial charge in [-0.3, -0.25) is 14.5 Å². The van der Waals surface area contributed by atoms with Gasteiger partial charge >= 0.3 is 11.8 Å². The predicted molar refractivity (Wildman–Crippen MR) is 104 cm³/mol. The Kier molecular flexibility index (Phi) is 5.49. The molecule has 3 amide bonds. The highest BCUT2D eigenvalue weighted by Gasteiger charge is 2.50. The summed E-state index contributed by atoms with van der Waals surface area (Å²) in [5, 5.41) is 4.46. The van der Waals surface area contributed by atoms with Crippen molar-refractivity contribution in [1.82, 2.24) is 9.80 Å².